The van der Waals surface area contributed by atoms with Crippen molar-refractivity contribution < 1.29 is 34.1 Å². The fourth-order valence-electron chi connectivity index (χ4n) is 2.67. The molecule has 0 aromatic rings. The fraction of sp³-hybridized carbons (Fsp3) is 0.692. The van der Waals surface area contributed by atoms with E-state index in [1.54, 1.807) is 0 Å². The van der Waals surface area contributed by atoms with Gasteiger partial charge in [-0.25, -0.2) is 0 Å². The first-order chi connectivity index (χ1) is 9.49. The monoisotopic (exact) mass is 301 g/mol. The van der Waals surface area contributed by atoms with Crippen LogP contribution in [0.3, 0.4) is 0 Å². The molecule has 1 aliphatic heterocycles. The normalized spacial score (nSPS) is 35.9. The molecule has 1 heterocycles. The Labute approximate surface area is 121 Å². The van der Waals surface area contributed by atoms with Gasteiger partial charge in [-0.15, -0.1) is 0 Å². The van der Waals surface area contributed by atoms with E-state index in [1.807, 2.05) is 0 Å². The second-order valence-electron chi connectivity index (χ2n) is 5.22. The summed E-state index contributed by atoms with van der Waals surface area (Å²) in [7, 11) is 0. The molecule has 118 valence electrons. The summed E-state index contributed by atoms with van der Waals surface area (Å²) in [5.74, 6) is -3.26. The largest absolute Gasteiger partial charge is 0.377 e. The van der Waals surface area contributed by atoms with Gasteiger partial charge in [-0.1, -0.05) is 0 Å². The molecule has 0 bridgehead atoms. The van der Waals surface area contributed by atoms with E-state index >= 15 is 0 Å². The molecule has 0 saturated carbocycles. The number of nitrogens with one attached hydrogen (secondary N) is 1. The number of hydrogen-bond acceptors (Lipinski definition) is 7. The topological polar surface area (TPSA) is 130 Å². The van der Waals surface area contributed by atoms with E-state index in [2.05, 4.69) is 5.32 Å². The van der Waals surface area contributed by atoms with E-state index in [9.17, 15) is 29.4 Å². The van der Waals surface area contributed by atoms with Crippen molar-refractivity contribution in [3.05, 3.63) is 0 Å². The van der Waals surface area contributed by atoms with Crippen molar-refractivity contribution in [3.63, 3.8) is 0 Å². The predicted octanol–water partition coefficient (Wildman–Crippen LogP) is -1.88. The Morgan fingerprint density at radius 2 is 1.48 bits per heavy atom. The van der Waals surface area contributed by atoms with Gasteiger partial charge in [0.25, 0.3) is 0 Å². The molecule has 1 rings (SSSR count). The third-order valence-electron chi connectivity index (χ3n) is 3.71. The molecule has 0 aliphatic carbocycles. The number of amides is 1. The number of rotatable bonds is 4. The molecular formula is C13H19NO7. The number of carbonyl (C=O) groups is 4. The van der Waals surface area contributed by atoms with Gasteiger partial charge in [-0.2, -0.15) is 0 Å². The van der Waals surface area contributed by atoms with E-state index in [4.69, 9.17) is 4.74 Å². The van der Waals surface area contributed by atoms with E-state index in [1.165, 1.54) is 0 Å². The summed E-state index contributed by atoms with van der Waals surface area (Å²) in [5, 5.41) is 23.6. The lowest BCUT2D eigenvalue weighted by molar-refractivity contribution is -0.242. The van der Waals surface area contributed by atoms with Gasteiger partial charge in [0.15, 0.2) is 34.7 Å². The Morgan fingerprint density at radius 1 is 1.00 bits per heavy atom. The molecule has 1 aliphatic rings. The zero-order valence-electron chi connectivity index (χ0n) is 12.3. The van der Waals surface area contributed by atoms with Crippen LogP contribution in [-0.4, -0.2) is 63.4 Å². The van der Waals surface area contributed by atoms with Crippen LogP contribution in [0.1, 0.15) is 27.7 Å². The number of carbonyl (C=O) groups excluding carboxylic acids is 4. The Morgan fingerprint density at radius 3 is 1.81 bits per heavy atom. The third kappa shape index (κ3) is 2.50. The minimum absolute atomic E-state index is 0.393. The first-order valence-corrected chi connectivity index (χ1v) is 6.35. The molecule has 1 fully saturated rings. The molecule has 0 spiro atoms. The maximum Gasteiger partial charge on any atom is 0.217 e. The second kappa shape index (κ2) is 5.63. The van der Waals surface area contributed by atoms with Crippen molar-refractivity contribution in [1.82, 2.24) is 5.32 Å². The molecule has 1 saturated heterocycles. The Kier molecular flexibility index (Phi) is 4.66. The van der Waals surface area contributed by atoms with Crippen LogP contribution in [0.4, 0.5) is 0 Å². The smallest absolute Gasteiger partial charge is 0.217 e. The first kappa shape index (κ1) is 17.4. The SMILES string of the molecule is CC(=O)N[C@@H]1COC(C(C)=O)[C@](O)(C(C)=O)[C@@]1(O)C(C)=O. The van der Waals surface area contributed by atoms with Crippen molar-refractivity contribution in [3.8, 4) is 0 Å². The highest BCUT2D eigenvalue weighted by atomic mass is 16.5. The fourth-order valence-corrected chi connectivity index (χ4v) is 2.67. The Bertz CT molecular complexity index is 503. The maximum absolute atomic E-state index is 11.9. The van der Waals surface area contributed by atoms with E-state index < -0.39 is 53.2 Å². The van der Waals surface area contributed by atoms with Crippen molar-refractivity contribution in [2.75, 3.05) is 6.61 Å². The summed E-state index contributed by atoms with van der Waals surface area (Å²) in [6.45, 7) is 3.71. The van der Waals surface area contributed by atoms with Gasteiger partial charge in [-0.3, -0.25) is 19.2 Å². The van der Waals surface area contributed by atoms with Crippen LogP contribution in [0.5, 0.6) is 0 Å². The highest BCUT2D eigenvalue weighted by Crippen LogP contribution is 2.37. The zero-order chi connectivity index (χ0) is 16.6. The number of hydrogen-bond donors (Lipinski definition) is 3. The number of aliphatic hydroxyl groups is 2. The van der Waals surface area contributed by atoms with Crippen LogP contribution in [0.25, 0.3) is 0 Å². The molecule has 1 unspecified atom stereocenters. The molecule has 21 heavy (non-hydrogen) atoms. The van der Waals surface area contributed by atoms with Crippen LogP contribution < -0.4 is 5.32 Å². The Balaban J connectivity index is 3.50. The quantitative estimate of drug-likeness (QED) is 0.554. The van der Waals surface area contributed by atoms with E-state index in [-0.39, 0.29) is 0 Å². The molecule has 3 N–H and O–H groups in total. The van der Waals surface area contributed by atoms with Crippen LogP contribution >= 0.6 is 0 Å². The van der Waals surface area contributed by atoms with Gasteiger partial charge in [-0.05, 0) is 20.8 Å². The maximum atomic E-state index is 11.9. The summed E-state index contributed by atoms with van der Waals surface area (Å²) in [6, 6.07) is -1.35. The molecule has 0 radical (unpaired) electrons. The van der Waals surface area contributed by atoms with E-state index in [0.717, 1.165) is 27.7 Å². The molecule has 0 aromatic heterocycles. The summed E-state index contributed by atoms with van der Waals surface area (Å²) < 4.78 is 5.13. The van der Waals surface area contributed by atoms with Crippen molar-refractivity contribution >= 4 is 23.3 Å². The summed E-state index contributed by atoms with van der Waals surface area (Å²) >= 11 is 0. The minimum Gasteiger partial charge on any atom is -0.377 e. The van der Waals surface area contributed by atoms with Gasteiger partial charge in [0.05, 0.1) is 12.6 Å². The molecule has 4 atom stereocenters. The van der Waals surface area contributed by atoms with Gasteiger partial charge in [0, 0.05) is 6.92 Å². The van der Waals surface area contributed by atoms with Crippen molar-refractivity contribution in [2.45, 2.75) is 51.0 Å². The standard InChI is InChI=1S/C13H19NO7/c1-6(15)11-13(20,8(3)17)12(19,7(2)16)10(5-21-11)14-9(4)18/h10-11,19-20H,5H2,1-4H3,(H,14,18)/t10-,11?,12-,13-/m1/s1. The van der Waals surface area contributed by atoms with Gasteiger partial charge in [0.2, 0.25) is 5.91 Å². The number of ether oxygens (including phenoxy) is 1. The molecule has 0 aromatic carbocycles. The highest BCUT2D eigenvalue weighted by Gasteiger charge is 2.68. The molecular weight excluding hydrogens is 282 g/mol. The van der Waals surface area contributed by atoms with Gasteiger partial charge < -0.3 is 20.3 Å². The first-order valence-electron chi connectivity index (χ1n) is 6.35. The van der Waals surface area contributed by atoms with Crippen molar-refractivity contribution in [1.29, 1.82) is 0 Å². The lowest BCUT2D eigenvalue weighted by atomic mass is 9.67. The third-order valence-corrected chi connectivity index (χ3v) is 3.71. The van der Waals surface area contributed by atoms with Crippen molar-refractivity contribution in [2.24, 2.45) is 0 Å². The summed E-state index contributed by atoms with van der Waals surface area (Å²) in [6.07, 6.45) is -1.69. The number of ketones is 3. The number of Topliss-reactive ketones (excluding diaryl/α,β-unsaturated/α-hetero) is 3. The molecule has 8 nitrogen and oxygen atoms in total. The van der Waals surface area contributed by atoms with Crippen LogP contribution in [-0.2, 0) is 23.9 Å². The van der Waals surface area contributed by atoms with Gasteiger partial charge >= 0.3 is 0 Å². The van der Waals surface area contributed by atoms with Gasteiger partial charge in [0.1, 0.15) is 0 Å². The van der Waals surface area contributed by atoms with Crippen LogP contribution in [0, 0.1) is 0 Å². The summed E-state index contributed by atoms with van der Waals surface area (Å²) in [4.78, 5) is 46.6. The Hall–Kier alpha value is -1.64. The highest BCUT2D eigenvalue weighted by molar-refractivity contribution is 6.03. The average Bonchev–Trinajstić information content (AvgIpc) is 2.33. The summed E-state index contributed by atoms with van der Waals surface area (Å²) in [5.41, 5.74) is -5.42. The minimum atomic E-state index is -2.77. The lowest BCUT2D eigenvalue weighted by Gasteiger charge is -2.51. The second-order valence-corrected chi connectivity index (χ2v) is 5.22. The van der Waals surface area contributed by atoms with E-state index in [0.29, 0.717) is 0 Å². The molecule has 1 amide bonds. The average molecular weight is 301 g/mol. The zero-order valence-corrected chi connectivity index (χ0v) is 12.3. The predicted molar refractivity (Wildman–Crippen MR) is 69.3 cm³/mol. The molecule has 8 heteroatoms. The van der Waals surface area contributed by atoms with Crippen LogP contribution in [0.15, 0.2) is 0 Å². The van der Waals surface area contributed by atoms with Crippen LogP contribution in [0.2, 0.25) is 0 Å². The lowest BCUT2D eigenvalue weighted by Crippen LogP contribution is -2.80.